The number of benzene rings is 1. The first-order valence-electron chi connectivity index (χ1n) is 6.78. The van der Waals surface area contributed by atoms with E-state index in [9.17, 15) is 5.11 Å². The van der Waals surface area contributed by atoms with Gasteiger partial charge in [-0.3, -0.25) is 0 Å². The van der Waals surface area contributed by atoms with Crippen molar-refractivity contribution in [1.29, 1.82) is 0 Å². The lowest BCUT2D eigenvalue weighted by atomic mass is 9.95. The van der Waals surface area contributed by atoms with Gasteiger partial charge in [-0.1, -0.05) is 28.9 Å². The van der Waals surface area contributed by atoms with E-state index in [0.29, 0.717) is 12.0 Å². The number of methoxy groups -OCH3 is 1. The van der Waals surface area contributed by atoms with E-state index < -0.39 is 6.10 Å². The number of nitrogens with zero attached hydrogens (tertiary/aromatic N) is 1. The predicted molar refractivity (Wildman–Crippen MR) is 81.6 cm³/mol. The maximum Gasteiger partial charge on any atom is 0.0772 e. The Balaban J connectivity index is 2.16. The lowest BCUT2D eigenvalue weighted by molar-refractivity contribution is 0.0498. The molecule has 4 heteroatoms. The second-order valence-electron chi connectivity index (χ2n) is 5.37. The summed E-state index contributed by atoms with van der Waals surface area (Å²) in [5.74, 6) is 0.612. The molecule has 1 aliphatic heterocycles. The third kappa shape index (κ3) is 3.30. The second-order valence-corrected chi connectivity index (χ2v) is 6.22. The Morgan fingerprint density at radius 2 is 2.21 bits per heavy atom. The maximum atomic E-state index is 9.66. The zero-order chi connectivity index (χ0) is 14.0. The summed E-state index contributed by atoms with van der Waals surface area (Å²) >= 11 is 3.54. The first-order chi connectivity index (χ1) is 9.02. The van der Waals surface area contributed by atoms with Crippen molar-refractivity contribution in [3.63, 3.8) is 0 Å². The predicted octanol–water partition coefficient (Wildman–Crippen LogP) is 3.36. The van der Waals surface area contributed by atoms with E-state index in [4.69, 9.17) is 4.74 Å². The van der Waals surface area contributed by atoms with Crippen molar-refractivity contribution in [2.24, 2.45) is 5.92 Å². The van der Waals surface area contributed by atoms with Gasteiger partial charge in [-0.15, -0.1) is 0 Å². The highest BCUT2D eigenvalue weighted by Gasteiger charge is 2.26. The van der Waals surface area contributed by atoms with Gasteiger partial charge in [0.2, 0.25) is 0 Å². The first kappa shape index (κ1) is 14.8. The quantitative estimate of drug-likeness (QED) is 0.923. The molecule has 1 aliphatic rings. The molecule has 3 atom stereocenters. The van der Waals surface area contributed by atoms with Crippen molar-refractivity contribution in [3.05, 3.63) is 28.2 Å². The molecule has 3 unspecified atom stereocenters. The van der Waals surface area contributed by atoms with Gasteiger partial charge in [-0.2, -0.15) is 0 Å². The molecular formula is C15H22BrNO2. The van der Waals surface area contributed by atoms with Gasteiger partial charge >= 0.3 is 0 Å². The highest BCUT2D eigenvalue weighted by molar-refractivity contribution is 9.10. The summed E-state index contributed by atoms with van der Waals surface area (Å²) < 4.78 is 6.52. The molecule has 0 saturated carbocycles. The third-order valence-electron chi connectivity index (χ3n) is 3.99. The Hall–Kier alpha value is -0.580. The lowest BCUT2D eigenvalue weighted by Crippen LogP contribution is -2.43. The van der Waals surface area contributed by atoms with Crippen molar-refractivity contribution in [2.45, 2.75) is 32.5 Å². The smallest absolute Gasteiger partial charge is 0.0772 e. The highest BCUT2D eigenvalue weighted by Crippen LogP contribution is 2.30. The van der Waals surface area contributed by atoms with Gasteiger partial charge in [-0.25, -0.2) is 0 Å². The van der Waals surface area contributed by atoms with Crippen molar-refractivity contribution >= 4 is 21.6 Å². The van der Waals surface area contributed by atoms with Crippen LogP contribution in [0.1, 0.15) is 31.9 Å². The van der Waals surface area contributed by atoms with Crippen LogP contribution in [0.5, 0.6) is 0 Å². The van der Waals surface area contributed by atoms with E-state index in [1.807, 2.05) is 6.07 Å². The molecule has 2 rings (SSSR count). The van der Waals surface area contributed by atoms with E-state index in [0.717, 1.165) is 29.5 Å². The van der Waals surface area contributed by atoms with Crippen molar-refractivity contribution in [2.75, 3.05) is 25.1 Å². The fraction of sp³-hybridized carbons (Fsp3) is 0.600. The van der Waals surface area contributed by atoms with E-state index in [-0.39, 0.29) is 0 Å². The van der Waals surface area contributed by atoms with Crippen molar-refractivity contribution in [1.82, 2.24) is 0 Å². The number of hydrogen-bond acceptors (Lipinski definition) is 3. The standard InChI is InChI=1S/C15H22BrNO2/c1-10-6-7-17(9-15(10)19-3)12-4-5-13(11(2)18)14(16)8-12/h4-5,8,10-11,15,18H,6-7,9H2,1-3H3. The van der Waals surface area contributed by atoms with Gasteiger partial charge < -0.3 is 14.7 Å². The fourth-order valence-corrected chi connectivity index (χ4v) is 3.32. The van der Waals surface area contributed by atoms with E-state index in [1.54, 1.807) is 14.0 Å². The van der Waals surface area contributed by atoms with E-state index in [2.05, 4.69) is 39.9 Å². The fourth-order valence-electron chi connectivity index (χ4n) is 2.63. The monoisotopic (exact) mass is 327 g/mol. The summed E-state index contributed by atoms with van der Waals surface area (Å²) in [4.78, 5) is 2.35. The van der Waals surface area contributed by atoms with Gasteiger partial charge in [0.05, 0.1) is 12.2 Å². The molecule has 0 aromatic heterocycles. The molecule has 106 valence electrons. The number of ether oxygens (including phenoxy) is 1. The molecule has 1 aromatic rings. The second kappa shape index (κ2) is 6.25. The molecule has 0 amide bonds. The summed E-state index contributed by atoms with van der Waals surface area (Å²) in [6.45, 7) is 6.01. The molecule has 0 spiro atoms. The van der Waals surface area contributed by atoms with Crippen molar-refractivity contribution in [3.8, 4) is 0 Å². The summed E-state index contributed by atoms with van der Waals surface area (Å²) in [6.07, 6.45) is 0.995. The maximum absolute atomic E-state index is 9.66. The topological polar surface area (TPSA) is 32.7 Å². The van der Waals surface area contributed by atoms with Gasteiger partial charge in [0.25, 0.3) is 0 Å². The SMILES string of the molecule is COC1CN(c2ccc(C(C)O)c(Br)c2)CCC1C. The average Bonchev–Trinajstić information content (AvgIpc) is 2.38. The Labute approximate surface area is 123 Å². The molecule has 1 saturated heterocycles. The average molecular weight is 328 g/mol. The Morgan fingerprint density at radius 3 is 2.79 bits per heavy atom. The van der Waals surface area contributed by atoms with Gasteiger partial charge in [0.1, 0.15) is 0 Å². The molecule has 1 aromatic carbocycles. The number of hydrogen-bond donors (Lipinski definition) is 1. The summed E-state index contributed by atoms with van der Waals surface area (Å²) in [7, 11) is 1.79. The van der Waals surface area contributed by atoms with Gasteiger partial charge in [-0.05, 0) is 37.0 Å². The normalized spacial score (nSPS) is 25.4. The minimum Gasteiger partial charge on any atom is -0.389 e. The molecule has 19 heavy (non-hydrogen) atoms. The van der Waals surface area contributed by atoms with Gasteiger partial charge in [0, 0.05) is 30.4 Å². The molecule has 0 bridgehead atoms. The molecule has 0 aliphatic carbocycles. The first-order valence-corrected chi connectivity index (χ1v) is 7.57. The molecule has 1 fully saturated rings. The van der Waals surface area contributed by atoms with Crippen LogP contribution in [0.25, 0.3) is 0 Å². The van der Waals surface area contributed by atoms with E-state index in [1.165, 1.54) is 5.69 Å². The van der Waals surface area contributed by atoms with Crippen molar-refractivity contribution < 1.29 is 9.84 Å². The molecular weight excluding hydrogens is 306 g/mol. The molecule has 3 nitrogen and oxygen atoms in total. The van der Waals surface area contributed by atoms with Crippen LogP contribution in [0.2, 0.25) is 0 Å². The van der Waals surface area contributed by atoms with Crippen LogP contribution in [-0.4, -0.2) is 31.4 Å². The molecule has 1 heterocycles. The minimum atomic E-state index is -0.448. The molecule has 1 N–H and O–H groups in total. The van der Waals surface area contributed by atoms with Crippen LogP contribution >= 0.6 is 15.9 Å². The Bertz CT molecular complexity index is 436. The zero-order valence-corrected chi connectivity index (χ0v) is 13.4. The number of anilines is 1. The summed E-state index contributed by atoms with van der Waals surface area (Å²) in [6, 6.07) is 6.16. The number of halogens is 1. The van der Waals surface area contributed by atoms with Crippen LogP contribution < -0.4 is 4.90 Å². The Kier molecular flexibility index (Phi) is 4.87. The van der Waals surface area contributed by atoms with Gasteiger partial charge in [0.15, 0.2) is 0 Å². The summed E-state index contributed by atoms with van der Waals surface area (Å²) in [5, 5.41) is 9.66. The largest absolute Gasteiger partial charge is 0.389 e. The van der Waals surface area contributed by atoms with E-state index >= 15 is 0 Å². The molecule has 0 radical (unpaired) electrons. The zero-order valence-electron chi connectivity index (χ0n) is 11.8. The van der Waals surface area contributed by atoms with Crippen LogP contribution in [0, 0.1) is 5.92 Å². The Morgan fingerprint density at radius 1 is 1.47 bits per heavy atom. The van der Waals surface area contributed by atoms with Crippen LogP contribution in [-0.2, 0) is 4.74 Å². The van der Waals surface area contributed by atoms with Crippen LogP contribution in [0.3, 0.4) is 0 Å². The number of piperidine rings is 1. The number of aliphatic hydroxyl groups excluding tert-OH is 1. The lowest BCUT2D eigenvalue weighted by Gasteiger charge is -2.37. The summed E-state index contributed by atoms with van der Waals surface area (Å²) in [5.41, 5.74) is 2.11. The van der Waals surface area contributed by atoms with Crippen LogP contribution in [0.15, 0.2) is 22.7 Å². The number of rotatable bonds is 3. The highest BCUT2D eigenvalue weighted by atomic mass is 79.9. The third-order valence-corrected chi connectivity index (χ3v) is 4.68. The minimum absolute atomic E-state index is 0.295. The number of aliphatic hydroxyl groups is 1. The van der Waals surface area contributed by atoms with Crippen LogP contribution in [0.4, 0.5) is 5.69 Å².